The molecule has 2 fully saturated rings. The Hall–Kier alpha value is -2.68. The molecule has 1 saturated carbocycles. The summed E-state index contributed by atoms with van der Waals surface area (Å²) in [6.45, 7) is 7.44. The van der Waals surface area contributed by atoms with E-state index in [2.05, 4.69) is 39.1 Å². The highest BCUT2D eigenvalue weighted by Gasteiger charge is 2.30. The largest absolute Gasteiger partial charge is 0.495 e. The number of carbonyl (C=O) groups is 1. The van der Waals surface area contributed by atoms with Gasteiger partial charge in [0.2, 0.25) is 0 Å². The second kappa shape index (κ2) is 16.1. The Morgan fingerprint density at radius 3 is 2.71 bits per heavy atom. The topological polar surface area (TPSA) is 95.0 Å². The third-order valence-electron chi connectivity index (χ3n) is 6.91. The van der Waals surface area contributed by atoms with Crippen molar-refractivity contribution in [3.63, 3.8) is 0 Å². The van der Waals surface area contributed by atoms with Crippen molar-refractivity contribution in [1.82, 2.24) is 15.5 Å². The van der Waals surface area contributed by atoms with Crippen LogP contribution in [0.15, 0.2) is 41.3 Å². The lowest BCUT2D eigenvalue weighted by Crippen LogP contribution is -2.34. The van der Waals surface area contributed by atoms with Gasteiger partial charge in [-0.15, -0.1) is 0 Å². The lowest BCUT2D eigenvalue weighted by Gasteiger charge is -2.32. The first-order valence-corrected chi connectivity index (χ1v) is 16.0. The number of allylic oxidation sites excluding steroid dienone is 1. The standard InChI is InChI=1S/C28H34F2N4O3S2.C2H6/c1-31-33-25(8-6-18-3-4-18)39-34-27(35)20-7-5-19(9-10-28(36)11-13-38-14-12-28)15-21(20)22-16-23(26(29)30)32-17-24(22)37-2;1-2/h5,7,15-18,23,25-26,32-33,36H,1,3-4,9-14H2,2H3,(H,34,35);1-2H3. The number of alkyl halides is 2. The van der Waals surface area contributed by atoms with Crippen molar-refractivity contribution in [2.45, 2.75) is 75.8 Å². The molecule has 0 bridgehead atoms. The van der Waals surface area contributed by atoms with E-state index in [1.165, 1.54) is 19.4 Å². The molecule has 1 aromatic carbocycles. The fourth-order valence-corrected chi connectivity index (χ4v) is 6.24. The highest BCUT2D eigenvalue weighted by atomic mass is 32.2. The SMILES string of the molecule is C=NNC(C#CC1CC1)SNC(=O)c1ccc(CCC2(O)CCSCC2)cc1C1=CC(C(F)F)NC=C1OC.CC. The number of rotatable bonds is 11. The van der Waals surface area contributed by atoms with Crippen molar-refractivity contribution in [2.75, 3.05) is 18.6 Å². The number of hydrogen-bond acceptors (Lipinski definition) is 8. The molecule has 0 spiro atoms. The Kier molecular flexibility index (Phi) is 12.9. The first kappa shape index (κ1) is 32.8. The Balaban J connectivity index is 0.00000226. The highest BCUT2D eigenvalue weighted by Crippen LogP contribution is 2.34. The summed E-state index contributed by atoms with van der Waals surface area (Å²) in [6.07, 6.45) is 4.96. The van der Waals surface area contributed by atoms with Crippen molar-refractivity contribution in [3.8, 4) is 11.8 Å². The number of carbonyl (C=O) groups excluding carboxylic acids is 1. The average molecular weight is 607 g/mol. The van der Waals surface area contributed by atoms with Crippen LogP contribution in [0, 0.1) is 17.8 Å². The maximum absolute atomic E-state index is 13.6. The van der Waals surface area contributed by atoms with Crippen molar-refractivity contribution in [1.29, 1.82) is 0 Å². The van der Waals surface area contributed by atoms with Crippen LogP contribution in [-0.2, 0) is 11.2 Å². The van der Waals surface area contributed by atoms with Crippen molar-refractivity contribution in [3.05, 3.63) is 52.9 Å². The van der Waals surface area contributed by atoms with Gasteiger partial charge in [-0.3, -0.25) is 14.9 Å². The van der Waals surface area contributed by atoms with Crippen LogP contribution in [0.25, 0.3) is 5.57 Å². The molecule has 4 rings (SSSR count). The van der Waals surface area contributed by atoms with Gasteiger partial charge in [-0.25, -0.2) is 8.78 Å². The number of aryl methyl sites for hydroxylation is 1. The predicted octanol–water partition coefficient (Wildman–Crippen LogP) is 5.33. The summed E-state index contributed by atoms with van der Waals surface area (Å²) in [7, 11) is 1.46. The number of thioether (sulfide) groups is 1. The van der Waals surface area contributed by atoms with Crippen LogP contribution in [-0.4, -0.2) is 59.8 Å². The quantitative estimate of drug-likeness (QED) is 0.0889. The van der Waals surface area contributed by atoms with Crippen LogP contribution in [0.4, 0.5) is 8.78 Å². The first-order valence-electron chi connectivity index (χ1n) is 13.9. The normalized spacial score (nSPS) is 20.0. The fourth-order valence-electron chi connectivity index (χ4n) is 4.40. The number of hydrazone groups is 1. The Morgan fingerprint density at radius 1 is 1.34 bits per heavy atom. The number of nitrogens with zero attached hydrogens (tertiary/aromatic N) is 1. The molecule has 4 N–H and O–H groups in total. The monoisotopic (exact) mass is 606 g/mol. The Bertz CT molecular complexity index is 1170. The molecule has 11 heteroatoms. The molecule has 3 aliphatic rings. The first-order chi connectivity index (χ1) is 19.8. The van der Waals surface area contributed by atoms with Crippen LogP contribution in [0.2, 0.25) is 0 Å². The molecule has 41 heavy (non-hydrogen) atoms. The number of dihydropyridines is 1. The number of methoxy groups -OCH3 is 1. The van der Waals surface area contributed by atoms with Crippen molar-refractivity contribution in [2.24, 2.45) is 11.0 Å². The third kappa shape index (κ3) is 9.69. The molecule has 1 saturated heterocycles. The van der Waals surface area contributed by atoms with Crippen LogP contribution >= 0.6 is 23.7 Å². The molecule has 1 amide bonds. The van der Waals surface area contributed by atoms with Gasteiger partial charge in [-0.05, 0) is 85.2 Å². The Morgan fingerprint density at radius 2 is 2.07 bits per heavy atom. The molecule has 2 heterocycles. The summed E-state index contributed by atoms with van der Waals surface area (Å²) in [6, 6.07) is 4.15. The van der Waals surface area contributed by atoms with E-state index in [1.54, 1.807) is 6.07 Å². The van der Waals surface area contributed by atoms with E-state index in [-0.39, 0.29) is 0 Å². The number of aliphatic hydroxyl groups is 1. The van der Waals surface area contributed by atoms with Gasteiger partial charge in [0.15, 0.2) is 5.37 Å². The van der Waals surface area contributed by atoms with Crippen LogP contribution in [0.1, 0.15) is 67.4 Å². The van der Waals surface area contributed by atoms with E-state index in [1.807, 2.05) is 37.7 Å². The molecular formula is C30H40F2N4O3S2. The zero-order valence-electron chi connectivity index (χ0n) is 23.8. The van der Waals surface area contributed by atoms with Gasteiger partial charge in [0.05, 0.1) is 12.7 Å². The fraction of sp³-hybridized carbons (Fsp3) is 0.533. The number of hydrogen-bond donors (Lipinski definition) is 4. The molecule has 1 aromatic rings. The van der Waals surface area contributed by atoms with Crippen molar-refractivity contribution < 1.29 is 23.4 Å². The van der Waals surface area contributed by atoms with Gasteiger partial charge in [0.25, 0.3) is 12.3 Å². The van der Waals surface area contributed by atoms with Gasteiger partial charge in [-0.1, -0.05) is 37.8 Å². The number of amides is 1. The minimum absolute atomic E-state index is 0.309. The summed E-state index contributed by atoms with van der Waals surface area (Å²) in [5, 5.41) is 16.8. The molecule has 2 atom stereocenters. The van der Waals surface area contributed by atoms with E-state index >= 15 is 0 Å². The third-order valence-corrected chi connectivity index (χ3v) is 8.65. The number of nitrogens with one attached hydrogen (secondary N) is 3. The maximum atomic E-state index is 13.6. The zero-order chi connectivity index (χ0) is 29.8. The van der Waals surface area contributed by atoms with E-state index < -0.39 is 29.3 Å². The van der Waals surface area contributed by atoms with Gasteiger partial charge in [0.1, 0.15) is 11.8 Å². The van der Waals surface area contributed by atoms with E-state index in [0.29, 0.717) is 41.2 Å². The molecule has 0 aromatic heterocycles. The summed E-state index contributed by atoms with van der Waals surface area (Å²) >= 11 is 2.91. The zero-order valence-corrected chi connectivity index (χ0v) is 25.5. The predicted molar refractivity (Wildman–Crippen MR) is 166 cm³/mol. The van der Waals surface area contributed by atoms with Gasteiger partial charge in [-0.2, -0.15) is 16.9 Å². The molecule has 2 unspecified atom stereocenters. The van der Waals surface area contributed by atoms with Gasteiger partial charge < -0.3 is 15.2 Å². The second-order valence-electron chi connectivity index (χ2n) is 9.82. The molecule has 1 aliphatic carbocycles. The molecule has 2 aliphatic heterocycles. The summed E-state index contributed by atoms with van der Waals surface area (Å²) < 4.78 is 35.6. The minimum Gasteiger partial charge on any atom is -0.495 e. The molecule has 7 nitrogen and oxygen atoms in total. The number of ether oxygens (including phenoxy) is 1. The maximum Gasteiger partial charge on any atom is 0.261 e. The lowest BCUT2D eigenvalue weighted by molar-refractivity contribution is 0.0236. The van der Waals surface area contributed by atoms with E-state index in [4.69, 9.17) is 4.74 Å². The molecular weight excluding hydrogens is 566 g/mol. The second-order valence-corrected chi connectivity index (χ2v) is 12.0. The summed E-state index contributed by atoms with van der Waals surface area (Å²) in [4.78, 5) is 13.4. The van der Waals surface area contributed by atoms with Crippen LogP contribution in [0.3, 0.4) is 0 Å². The van der Waals surface area contributed by atoms with Gasteiger partial charge >= 0.3 is 0 Å². The summed E-state index contributed by atoms with van der Waals surface area (Å²) in [5.41, 5.74) is 4.15. The average Bonchev–Trinajstić information content (AvgIpc) is 3.83. The Labute approximate surface area is 250 Å². The van der Waals surface area contributed by atoms with Crippen LogP contribution < -0.4 is 15.5 Å². The minimum atomic E-state index is -2.65. The van der Waals surface area contributed by atoms with E-state index in [9.17, 15) is 18.7 Å². The van der Waals surface area contributed by atoms with Crippen LogP contribution in [0.5, 0.6) is 0 Å². The summed E-state index contributed by atoms with van der Waals surface area (Å²) in [5.74, 6) is 8.38. The van der Waals surface area contributed by atoms with E-state index in [0.717, 1.165) is 54.7 Å². The lowest BCUT2D eigenvalue weighted by atomic mass is 9.87. The van der Waals surface area contributed by atoms with Crippen molar-refractivity contribution >= 4 is 41.9 Å². The number of halogens is 2. The molecule has 0 radical (unpaired) electrons. The smallest absolute Gasteiger partial charge is 0.261 e. The number of benzene rings is 1. The highest BCUT2D eigenvalue weighted by molar-refractivity contribution is 7.99. The van der Waals surface area contributed by atoms with Gasteiger partial charge in [0, 0.05) is 30.0 Å². The molecule has 224 valence electrons.